The number of carbonyl (C=O) groups is 1. The van der Waals surface area contributed by atoms with Crippen LogP contribution in [0.4, 0.5) is 4.79 Å². The Hall–Kier alpha value is -2.37. The lowest BCUT2D eigenvalue weighted by Gasteiger charge is -2.20. The minimum atomic E-state index is -0.505. The highest BCUT2D eigenvalue weighted by molar-refractivity contribution is 14.0. The quantitative estimate of drug-likeness (QED) is 0.209. The Morgan fingerprint density at radius 1 is 1.21 bits per heavy atom. The van der Waals surface area contributed by atoms with Crippen LogP contribution in [0, 0.1) is 0 Å². The summed E-state index contributed by atoms with van der Waals surface area (Å²) in [5.41, 5.74) is 1.55. The first kappa shape index (κ1) is 23.7. The summed E-state index contributed by atoms with van der Waals surface area (Å²) in [5, 5.41) is 15.8. The van der Waals surface area contributed by atoms with Crippen LogP contribution in [0.2, 0.25) is 0 Å². The highest BCUT2D eigenvalue weighted by Gasteiger charge is 2.15. The van der Waals surface area contributed by atoms with E-state index in [1.807, 2.05) is 45.0 Å². The van der Waals surface area contributed by atoms with Crippen molar-refractivity contribution in [3.63, 3.8) is 0 Å². The number of halogens is 1. The summed E-state index contributed by atoms with van der Waals surface area (Å²) in [6.07, 6.45) is 1.05. The molecular weight excluding hydrogens is 473 g/mol. The number of carbonyl (C=O) groups excluding carboxylic acids is 1. The first-order valence-electron chi connectivity index (χ1n) is 8.73. The van der Waals surface area contributed by atoms with Crippen molar-refractivity contribution >= 4 is 36.0 Å². The molecule has 2 rings (SSSR count). The van der Waals surface area contributed by atoms with Crippen LogP contribution in [-0.4, -0.2) is 53.0 Å². The van der Waals surface area contributed by atoms with Crippen LogP contribution >= 0.6 is 24.0 Å². The molecule has 0 radical (unpaired) electrons. The van der Waals surface area contributed by atoms with E-state index in [0.717, 1.165) is 17.0 Å². The molecule has 0 aliphatic rings. The number of benzene rings is 1. The normalized spacial score (nSPS) is 11.4. The van der Waals surface area contributed by atoms with Crippen molar-refractivity contribution in [1.82, 2.24) is 31.1 Å². The third-order valence-electron chi connectivity index (χ3n) is 3.38. The smallest absolute Gasteiger partial charge is 0.407 e. The fourth-order valence-corrected chi connectivity index (χ4v) is 2.24. The van der Waals surface area contributed by atoms with Gasteiger partial charge in [0.25, 0.3) is 0 Å². The fraction of sp³-hybridized carbons (Fsp3) is 0.444. The monoisotopic (exact) mass is 501 g/mol. The lowest BCUT2D eigenvalue weighted by atomic mass is 10.1. The Balaban J connectivity index is 0.00000392. The molecule has 0 aliphatic heterocycles. The van der Waals surface area contributed by atoms with Gasteiger partial charge in [0.05, 0.1) is 0 Å². The summed E-state index contributed by atoms with van der Waals surface area (Å²) in [6, 6.07) is 7.99. The summed E-state index contributed by atoms with van der Waals surface area (Å²) in [5.74, 6) is 1.37. The lowest BCUT2D eigenvalue weighted by Crippen LogP contribution is -2.42. The topological polar surface area (TPSA) is 116 Å². The molecule has 1 amide bonds. The number of guanidine groups is 1. The highest BCUT2D eigenvalue weighted by atomic mass is 127. The van der Waals surface area contributed by atoms with Crippen molar-refractivity contribution in [2.75, 3.05) is 20.1 Å². The summed E-state index contributed by atoms with van der Waals surface area (Å²) in [7, 11) is 1.70. The maximum absolute atomic E-state index is 11.6. The minimum Gasteiger partial charge on any atom is -0.444 e. The Labute approximate surface area is 182 Å². The van der Waals surface area contributed by atoms with Crippen molar-refractivity contribution in [2.24, 2.45) is 4.99 Å². The predicted octanol–water partition coefficient (Wildman–Crippen LogP) is 2.28. The number of nitrogens with zero attached hydrogens (tertiary/aromatic N) is 3. The summed E-state index contributed by atoms with van der Waals surface area (Å²) >= 11 is 0. The third-order valence-corrected chi connectivity index (χ3v) is 3.38. The summed E-state index contributed by atoms with van der Waals surface area (Å²) < 4.78 is 5.18. The molecule has 10 heteroatoms. The molecule has 1 aromatic carbocycles. The van der Waals surface area contributed by atoms with Gasteiger partial charge >= 0.3 is 6.09 Å². The Morgan fingerprint density at radius 3 is 2.61 bits per heavy atom. The molecule has 28 heavy (non-hydrogen) atoms. The van der Waals surface area contributed by atoms with Crippen molar-refractivity contribution in [2.45, 2.75) is 32.9 Å². The first-order valence-corrected chi connectivity index (χ1v) is 8.73. The van der Waals surface area contributed by atoms with Gasteiger partial charge in [-0.25, -0.2) is 9.78 Å². The van der Waals surface area contributed by atoms with E-state index < -0.39 is 11.7 Å². The zero-order chi connectivity index (χ0) is 19.7. The molecule has 9 nitrogen and oxygen atoms in total. The van der Waals surface area contributed by atoms with Gasteiger partial charge in [-0.2, -0.15) is 5.10 Å². The molecule has 0 saturated carbocycles. The lowest BCUT2D eigenvalue weighted by molar-refractivity contribution is 0.0529. The Morgan fingerprint density at radius 2 is 1.96 bits per heavy atom. The minimum absolute atomic E-state index is 0. The third kappa shape index (κ3) is 8.55. The van der Waals surface area contributed by atoms with Crippen LogP contribution < -0.4 is 16.0 Å². The first-order chi connectivity index (χ1) is 12.9. The van der Waals surface area contributed by atoms with E-state index in [1.54, 1.807) is 7.05 Å². The number of nitrogens with one attached hydrogen (secondary N) is 4. The molecule has 4 N–H and O–H groups in total. The number of amides is 1. The number of ether oxygens (including phenoxy) is 1. The number of aromatic nitrogens is 3. The molecule has 1 aromatic heterocycles. The number of aromatic amines is 1. The number of hydrogen-bond acceptors (Lipinski definition) is 5. The van der Waals surface area contributed by atoms with Gasteiger partial charge in [0.15, 0.2) is 11.8 Å². The van der Waals surface area contributed by atoms with Gasteiger partial charge in [-0.05, 0) is 32.4 Å². The molecule has 0 aliphatic carbocycles. The molecule has 0 atom stereocenters. The van der Waals surface area contributed by atoms with Gasteiger partial charge in [0.2, 0.25) is 0 Å². The summed E-state index contributed by atoms with van der Waals surface area (Å²) in [4.78, 5) is 19.9. The Kier molecular flexibility index (Phi) is 9.69. The van der Waals surface area contributed by atoms with Gasteiger partial charge in [-0.15, -0.1) is 24.0 Å². The molecule has 0 unspecified atom stereocenters. The van der Waals surface area contributed by atoms with E-state index in [0.29, 0.717) is 25.6 Å². The van der Waals surface area contributed by atoms with Crippen LogP contribution in [0.1, 0.15) is 26.3 Å². The van der Waals surface area contributed by atoms with E-state index in [-0.39, 0.29) is 24.0 Å². The van der Waals surface area contributed by atoms with Crippen LogP contribution in [-0.2, 0) is 11.3 Å². The highest BCUT2D eigenvalue weighted by Crippen LogP contribution is 2.15. The average Bonchev–Trinajstić information content (AvgIpc) is 3.14. The molecular formula is C18H28IN7O2. The van der Waals surface area contributed by atoms with Gasteiger partial charge in [0, 0.05) is 32.2 Å². The molecule has 154 valence electrons. The van der Waals surface area contributed by atoms with E-state index in [1.165, 1.54) is 6.33 Å². The van der Waals surface area contributed by atoms with Crippen LogP contribution in [0.15, 0.2) is 35.6 Å². The van der Waals surface area contributed by atoms with Crippen molar-refractivity contribution in [3.8, 4) is 11.4 Å². The maximum Gasteiger partial charge on any atom is 0.407 e. The maximum atomic E-state index is 11.6. The van der Waals surface area contributed by atoms with Gasteiger partial charge in [-0.1, -0.05) is 18.2 Å². The number of H-pyrrole nitrogens is 1. The number of rotatable bonds is 6. The zero-order valence-electron chi connectivity index (χ0n) is 16.6. The molecule has 0 saturated heterocycles. The zero-order valence-corrected chi connectivity index (χ0v) is 18.9. The van der Waals surface area contributed by atoms with Gasteiger partial charge < -0.3 is 20.7 Å². The SMILES string of the molecule is CN=C(NCCNC(=O)OC(C)(C)C)NCc1cccc(-c2ncn[nH]2)c1.I. The fourth-order valence-electron chi connectivity index (χ4n) is 2.24. The summed E-state index contributed by atoms with van der Waals surface area (Å²) in [6.45, 7) is 7.03. The molecule has 1 heterocycles. The van der Waals surface area contributed by atoms with Gasteiger partial charge in [-0.3, -0.25) is 10.1 Å². The van der Waals surface area contributed by atoms with Crippen LogP contribution in [0.5, 0.6) is 0 Å². The predicted molar refractivity (Wildman–Crippen MR) is 120 cm³/mol. The van der Waals surface area contributed by atoms with Crippen molar-refractivity contribution < 1.29 is 9.53 Å². The second kappa shape index (κ2) is 11.5. The second-order valence-electron chi connectivity index (χ2n) is 6.82. The number of alkyl carbamates (subject to hydrolysis) is 1. The molecule has 0 fully saturated rings. The van der Waals surface area contributed by atoms with Crippen molar-refractivity contribution in [1.29, 1.82) is 0 Å². The Bertz CT molecular complexity index is 758. The largest absolute Gasteiger partial charge is 0.444 e. The van der Waals surface area contributed by atoms with Crippen molar-refractivity contribution in [3.05, 3.63) is 36.2 Å². The van der Waals surface area contributed by atoms with Crippen LogP contribution in [0.25, 0.3) is 11.4 Å². The van der Waals surface area contributed by atoms with E-state index >= 15 is 0 Å². The number of hydrogen-bond donors (Lipinski definition) is 4. The second-order valence-corrected chi connectivity index (χ2v) is 6.82. The van der Waals surface area contributed by atoms with E-state index in [4.69, 9.17) is 4.74 Å². The average molecular weight is 501 g/mol. The van der Waals surface area contributed by atoms with Crippen LogP contribution in [0.3, 0.4) is 0 Å². The molecule has 0 bridgehead atoms. The standard InChI is InChI=1S/C18H27N7O2.HI/c1-18(2,3)27-17(26)21-9-8-20-16(19-4)22-11-13-6-5-7-14(10-13)15-23-12-24-25-15;/h5-7,10,12H,8-9,11H2,1-4H3,(H,21,26)(H2,19,20,22)(H,23,24,25);1H. The van der Waals surface area contributed by atoms with Gasteiger partial charge in [0.1, 0.15) is 11.9 Å². The van der Waals surface area contributed by atoms with E-state index in [9.17, 15) is 4.79 Å². The molecule has 2 aromatic rings. The number of aliphatic imine (C=N–C) groups is 1. The van der Waals surface area contributed by atoms with E-state index in [2.05, 4.69) is 36.1 Å². The molecule has 0 spiro atoms.